The highest BCUT2D eigenvalue weighted by molar-refractivity contribution is 5.78. The molecule has 0 spiro atoms. The molecule has 2 heterocycles. The Labute approximate surface area is 169 Å². The van der Waals surface area contributed by atoms with Crippen molar-refractivity contribution >= 4 is 5.91 Å². The van der Waals surface area contributed by atoms with Gasteiger partial charge in [-0.2, -0.15) is 4.98 Å². The Hall–Kier alpha value is -3.35. The topological polar surface area (TPSA) is 77.7 Å². The SMILES string of the molecule is COc1cc(OC)cc(-c2noc(C3CCC(=O)N3Cc3ccc(C)cc3)n2)c1. The summed E-state index contributed by atoms with van der Waals surface area (Å²) in [5.41, 5.74) is 2.99. The van der Waals surface area contributed by atoms with Gasteiger partial charge in [0.2, 0.25) is 17.6 Å². The molecule has 7 heteroatoms. The molecular formula is C22H23N3O4. The van der Waals surface area contributed by atoms with Gasteiger partial charge in [-0.1, -0.05) is 35.0 Å². The van der Waals surface area contributed by atoms with Crippen LogP contribution in [0.3, 0.4) is 0 Å². The molecule has 1 fully saturated rings. The summed E-state index contributed by atoms with van der Waals surface area (Å²) < 4.78 is 16.2. The second kappa shape index (κ2) is 7.95. The van der Waals surface area contributed by atoms with E-state index >= 15 is 0 Å². The molecule has 1 amide bonds. The number of hydrogen-bond acceptors (Lipinski definition) is 6. The average Bonchev–Trinajstić information content (AvgIpc) is 3.36. The Morgan fingerprint density at radius 1 is 1.10 bits per heavy atom. The highest BCUT2D eigenvalue weighted by Crippen LogP contribution is 2.35. The minimum absolute atomic E-state index is 0.0957. The Kier molecular flexibility index (Phi) is 5.20. The third kappa shape index (κ3) is 3.94. The Bertz CT molecular complexity index is 991. The molecule has 150 valence electrons. The standard InChI is InChI=1S/C22H23N3O4/c1-14-4-6-15(7-5-14)13-25-19(8-9-20(25)26)22-23-21(24-29-22)16-10-17(27-2)12-18(11-16)28-3/h4-7,10-12,19H,8-9,13H2,1-3H3. The predicted molar refractivity (Wildman–Crippen MR) is 107 cm³/mol. The zero-order valence-corrected chi connectivity index (χ0v) is 16.7. The molecule has 2 aromatic carbocycles. The lowest BCUT2D eigenvalue weighted by Crippen LogP contribution is -2.27. The van der Waals surface area contributed by atoms with E-state index in [4.69, 9.17) is 14.0 Å². The molecular weight excluding hydrogens is 370 g/mol. The maximum absolute atomic E-state index is 12.5. The number of ether oxygens (including phenoxy) is 2. The smallest absolute Gasteiger partial charge is 0.249 e. The number of amides is 1. The zero-order chi connectivity index (χ0) is 20.4. The highest BCUT2D eigenvalue weighted by Gasteiger charge is 2.36. The monoisotopic (exact) mass is 393 g/mol. The Balaban J connectivity index is 1.59. The third-order valence-electron chi connectivity index (χ3n) is 5.14. The van der Waals surface area contributed by atoms with Crippen molar-refractivity contribution in [3.8, 4) is 22.9 Å². The van der Waals surface area contributed by atoms with Crippen LogP contribution in [0.2, 0.25) is 0 Å². The Morgan fingerprint density at radius 2 is 1.79 bits per heavy atom. The number of aromatic nitrogens is 2. The van der Waals surface area contributed by atoms with Gasteiger partial charge in [-0.05, 0) is 31.0 Å². The summed E-state index contributed by atoms with van der Waals surface area (Å²) in [4.78, 5) is 18.9. The summed E-state index contributed by atoms with van der Waals surface area (Å²) in [6.07, 6.45) is 1.13. The number of methoxy groups -OCH3 is 2. The molecule has 0 saturated carbocycles. The molecule has 0 radical (unpaired) electrons. The number of nitrogens with zero attached hydrogens (tertiary/aromatic N) is 3. The first-order valence-corrected chi connectivity index (χ1v) is 9.49. The summed E-state index contributed by atoms with van der Waals surface area (Å²) in [5.74, 6) is 2.26. The van der Waals surface area contributed by atoms with Crippen molar-refractivity contribution in [2.45, 2.75) is 32.4 Å². The van der Waals surface area contributed by atoms with Gasteiger partial charge in [-0.25, -0.2) is 0 Å². The van der Waals surface area contributed by atoms with Crippen LogP contribution in [0.15, 0.2) is 47.0 Å². The van der Waals surface area contributed by atoms with E-state index in [1.54, 1.807) is 20.3 Å². The van der Waals surface area contributed by atoms with Crippen LogP contribution in [0.5, 0.6) is 11.5 Å². The molecule has 0 aliphatic carbocycles. The van der Waals surface area contributed by atoms with Crippen LogP contribution in [0.25, 0.3) is 11.4 Å². The molecule has 0 N–H and O–H groups in total. The van der Waals surface area contributed by atoms with E-state index in [1.807, 2.05) is 48.2 Å². The van der Waals surface area contributed by atoms with E-state index in [9.17, 15) is 4.79 Å². The van der Waals surface area contributed by atoms with Crippen molar-refractivity contribution in [1.29, 1.82) is 0 Å². The maximum atomic E-state index is 12.5. The van der Waals surface area contributed by atoms with Crippen molar-refractivity contribution in [1.82, 2.24) is 15.0 Å². The van der Waals surface area contributed by atoms with Gasteiger partial charge in [0, 0.05) is 24.6 Å². The number of carbonyl (C=O) groups excluding carboxylic acids is 1. The van der Waals surface area contributed by atoms with Gasteiger partial charge in [0.15, 0.2) is 0 Å². The molecule has 3 aromatic rings. The fourth-order valence-corrected chi connectivity index (χ4v) is 3.50. The number of benzene rings is 2. The van der Waals surface area contributed by atoms with Crippen molar-refractivity contribution < 1.29 is 18.8 Å². The van der Waals surface area contributed by atoms with Gasteiger partial charge in [0.1, 0.15) is 17.5 Å². The molecule has 1 aliphatic heterocycles. The first kappa shape index (κ1) is 19.0. The molecule has 4 rings (SSSR count). The molecule has 1 aliphatic rings. The third-order valence-corrected chi connectivity index (χ3v) is 5.14. The normalized spacial score (nSPS) is 16.3. The van der Waals surface area contributed by atoms with E-state index in [0.717, 1.165) is 11.1 Å². The van der Waals surface area contributed by atoms with Crippen LogP contribution in [0, 0.1) is 6.92 Å². The van der Waals surface area contributed by atoms with Gasteiger partial charge < -0.3 is 18.9 Å². The van der Waals surface area contributed by atoms with Gasteiger partial charge >= 0.3 is 0 Å². The summed E-state index contributed by atoms with van der Waals surface area (Å²) in [6.45, 7) is 2.57. The number of rotatable bonds is 6. The number of hydrogen-bond donors (Lipinski definition) is 0. The van der Waals surface area contributed by atoms with Gasteiger partial charge in [-0.3, -0.25) is 4.79 Å². The van der Waals surface area contributed by atoms with Gasteiger partial charge in [0.25, 0.3) is 0 Å². The zero-order valence-electron chi connectivity index (χ0n) is 16.7. The predicted octanol–water partition coefficient (Wildman–Crippen LogP) is 3.93. The van der Waals surface area contributed by atoms with Crippen LogP contribution in [-0.4, -0.2) is 35.2 Å². The van der Waals surface area contributed by atoms with E-state index in [0.29, 0.717) is 42.6 Å². The summed E-state index contributed by atoms with van der Waals surface area (Å²) in [7, 11) is 3.18. The van der Waals surface area contributed by atoms with Crippen molar-refractivity contribution in [2.75, 3.05) is 14.2 Å². The first-order chi connectivity index (χ1) is 14.1. The molecule has 1 aromatic heterocycles. The van der Waals surface area contributed by atoms with E-state index in [-0.39, 0.29) is 11.9 Å². The average molecular weight is 393 g/mol. The molecule has 29 heavy (non-hydrogen) atoms. The fourth-order valence-electron chi connectivity index (χ4n) is 3.50. The van der Waals surface area contributed by atoms with E-state index in [2.05, 4.69) is 10.1 Å². The minimum Gasteiger partial charge on any atom is -0.497 e. The lowest BCUT2D eigenvalue weighted by molar-refractivity contribution is -0.129. The lowest BCUT2D eigenvalue weighted by Gasteiger charge is -2.22. The van der Waals surface area contributed by atoms with Gasteiger partial charge in [-0.15, -0.1) is 0 Å². The largest absolute Gasteiger partial charge is 0.497 e. The number of aryl methyl sites for hydroxylation is 1. The maximum Gasteiger partial charge on any atom is 0.249 e. The second-order valence-corrected chi connectivity index (χ2v) is 7.12. The van der Waals surface area contributed by atoms with Crippen LogP contribution < -0.4 is 9.47 Å². The summed E-state index contributed by atoms with van der Waals surface area (Å²) in [6, 6.07) is 13.4. The number of carbonyl (C=O) groups is 1. The van der Waals surface area contributed by atoms with Crippen LogP contribution in [0.4, 0.5) is 0 Å². The lowest BCUT2D eigenvalue weighted by atomic mass is 10.1. The molecule has 1 atom stereocenters. The van der Waals surface area contributed by atoms with E-state index < -0.39 is 0 Å². The van der Waals surface area contributed by atoms with Crippen molar-refractivity contribution in [2.24, 2.45) is 0 Å². The highest BCUT2D eigenvalue weighted by atomic mass is 16.5. The van der Waals surface area contributed by atoms with E-state index in [1.165, 1.54) is 5.56 Å². The summed E-state index contributed by atoms with van der Waals surface area (Å²) >= 11 is 0. The molecule has 1 unspecified atom stereocenters. The minimum atomic E-state index is -0.224. The quantitative estimate of drug-likeness (QED) is 0.632. The van der Waals surface area contributed by atoms with Crippen LogP contribution >= 0.6 is 0 Å². The molecule has 0 bridgehead atoms. The fraction of sp³-hybridized carbons (Fsp3) is 0.318. The molecule has 1 saturated heterocycles. The first-order valence-electron chi connectivity index (χ1n) is 9.49. The van der Waals surface area contributed by atoms with Crippen LogP contribution in [-0.2, 0) is 11.3 Å². The second-order valence-electron chi connectivity index (χ2n) is 7.12. The van der Waals surface area contributed by atoms with Crippen molar-refractivity contribution in [3.05, 3.63) is 59.5 Å². The van der Waals surface area contributed by atoms with Gasteiger partial charge in [0.05, 0.1) is 14.2 Å². The Morgan fingerprint density at radius 3 is 2.45 bits per heavy atom. The molecule has 7 nitrogen and oxygen atoms in total. The number of likely N-dealkylation sites (tertiary alicyclic amines) is 1. The summed E-state index contributed by atoms with van der Waals surface area (Å²) in [5, 5.41) is 4.12. The van der Waals surface area contributed by atoms with Crippen molar-refractivity contribution in [3.63, 3.8) is 0 Å². The van der Waals surface area contributed by atoms with Crippen LogP contribution in [0.1, 0.15) is 35.9 Å².